The van der Waals surface area contributed by atoms with Crippen LogP contribution in [0.25, 0.3) is 0 Å². The Labute approximate surface area is 116 Å². The molecule has 0 fully saturated rings. The Morgan fingerprint density at radius 2 is 2.16 bits per heavy atom. The van der Waals surface area contributed by atoms with E-state index in [1.165, 1.54) is 0 Å². The molecule has 0 aliphatic carbocycles. The number of carbonyl (C=O) groups excluding carboxylic acids is 1. The molecule has 5 heteroatoms. The van der Waals surface area contributed by atoms with E-state index in [1.807, 2.05) is 31.2 Å². The molecule has 1 N–H and O–H groups in total. The van der Waals surface area contributed by atoms with Crippen LogP contribution in [0.5, 0.6) is 0 Å². The Hall–Kier alpha value is -1.49. The maximum atomic E-state index is 12.5. The minimum atomic E-state index is -0.868. The second-order valence-corrected chi connectivity index (χ2v) is 5.52. The summed E-state index contributed by atoms with van der Waals surface area (Å²) in [5, 5.41) is 8.72. The summed E-state index contributed by atoms with van der Waals surface area (Å²) in [6.07, 6.45) is 0.00108. The standard InChI is InChI=1S/C14H17NO3S/c1-2-15(8-7-13(16)17)14(18)11-9-19-12-6-4-3-5-10(11)12/h3-6,11H,2,7-9H2,1H3,(H,16,17)/t11-/m0/s1. The number of hydrogen-bond donors (Lipinski definition) is 1. The first-order valence-electron chi connectivity index (χ1n) is 6.35. The maximum Gasteiger partial charge on any atom is 0.305 e. The highest BCUT2D eigenvalue weighted by Gasteiger charge is 2.31. The van der Waals surface area contributed by atoms with E-state index < -0.39 is 5.97 Å². The van der Waals surface area contributed by atoms with E-state index >= 15 is 0 Å². The van der Waals surface area contributed by atoms with Crippen molar-refractivity contribution in [3.63, 3.8) is 0 Å². The van der Waals surface area contributed by atoms with E-state index in [0.29, 0.717) is 6.54 Å². The lowest BCUT2D eigenvalue weighted by Crippen LogP contribution is -2.36. The van der Waals surface area contributed by atoms with Crippen molar-refractivity contribution in [1.29, 1.82) is 0 Å². The van der Waals surface area contributed by atoms with E-state index in [9.17, 15) is 9.59 Å². The second-order valence-electron chi connectivity index (χ2n) is 4.46. The normalized spacial score (nSPS) is 17.0. The number of hydrogen-bond acceptors (Lipinski definition) is 3. The zero-order valence-electron chi connectivity index (χ0n) is 10.8. The number of likely N-dealkylation sites (N-methyl/N-ethyl adjacent to an activating group) is 1. The molecule has 4 nitrogen and oxygen atoms in total. The van der Waals surface area contributed by atoms with E-state index in [1.54, 1.807) is 16.7 Å². The molecule has 1 aromatic carbocycles. The van der Waals surface area contributed by atoms with Gasteiger partial charge >= 0.3 is 5.97 Å². The summed E-state index contributed by atoms with van der Waals surface area (Å²) in [5.41, 5.74) is 1.08. The molecule has 0 unspecified atom stereocenters. The fraction of sp³-hybridized carbons (Fsp3) is 0.429. The van der Waals surface area contributed by atoms with Crippen molar-refractivity contribution < 1.29 is 14.7 Å². The molecule has 1 aliphatic heterocycles. The van der Waals surface area contributed by atoms with Crippen LogP contribution in [0.3, 0.4) is 0 Å². The number of amides is 1. The van der Waals surface area contributed by atoms with E-state index in [4.69, 9.17) is 5.11 Å². The van der Waals surface area contributed by atoms with Crippen LogP contribution in [0.1, 0.15) is 24.8 Å². The van der Waals surface area contributed by atoms with Crippen molar-refractivity contribution in [1.82, 2.24) is 4.90 Å². The molecule has 0 spiro atoms. The number of benzene rings is 1. The second kappa shape index (κ2) is 6.10. The molecule has 0 bridgehead atoms. The number of aliphatic carboxylic acids is 1. The Morgan fingerprint density at radius 3 is 2.84 bits per heavy atom. The van der Waals surface area contributed by atoms with Crippen molar-refractivity contribution in [2.75, 3.05) is 18.8 Å². The third-order valence-electron chi connectivity index (χ3n) is 3.29. The molecule has 1 aliphatic rings. The van der Waals surface area contributed by atoms with Gasteiger partial charge < -0.3 is 10.0 Å². The molecule has 1 heterocycles. The average Bonchev–Trinajstić information content (AvgIpc) is 2.82. The average molecular weight is 279 g/mol. The van der Waals surface area contributed by atoms with Crippen molar-refractivity contribution in [2.45, 2.75) is 24.2 Å². The summed E-state index contributed by atoms with van der Waals surface area (Å²) < 4.78 is 0. The van der Waals surface area contributed by atoms with Gasteiger partial charge in [0, 0.05) is 23.7 Å². The maximum absolute atomic E-state index is 12.5. The molecule has 0 aromatic heterocycles. The first kappa shape index (κ1) is 13.9. The summed E-state index contributed by atoms with van der Waals surface area (Å²) >= 11 is 1.69. The van der Waals surface area contributed by atoms with Crippen LogP contribution in [-0.2, 0) is 9.59 Å². The molecular weight excluding hydrogens is 262 g/mol. The minimum absolute atomic E-state index is 0.00108. The molecule has 102 valence electrons. The monoisotopic (exact) mass is 279 g/mol. The molecule has 19 heavy (non-hydrogen) atoms. The third-order valence-corrected chi connectivity index (χ3v) is 4.47. The van der Waals surface area contributed by atoms with Crippen LogP contribution in [0.4, 0.5) is 0 Å². The quantitative estimate of drug-likeness (QED) is 0.897. The first-order chi connectivity index (χ1) is 9.13. The number of carbonyl (C=O) groups is 2. The fourth-order valence-electron chi connectivity index (χ4n) is 2.24. The lowest BCUT2D eigenvalue weighted by molar-refractivity contribution is -0.138. The zero-order chi connectivity index (χ0) is 13.8. The Kier molecular flexibility index (Phi) is 4.47. The summed E-state index contributed by atoms with van der Waals surface area (Å²) in [6, 6.07) is 7.93. The molecule has 1 aromatic rings. The smallest absolute Gasteiger partial charge is 0.305 e. The highest BCUT2D eigenvalue weighted by molar-refractivity contribution is 7.99. The van der Waals surface area contributed by atoms with Crippen LogP contribution in [0.2, 0.25) is 0 Å². The number of fused-ring (bicyclic) bond motifs is 1. The Morgan fingerprint density at radius 1 is 1.42 bits per heavy atom. The van der Waals surface area contributed by atoms with Gasteiger partial charge in [0.05, 0.1) is 12.3 Å². The minimum Gasteiger partial charge on any atom is -0.481 e. The fourth-order valence-corrected chi connectivity index (χ4v) is 3.46. The molecule has 0 radical (unpaired) electrons. The predicted molar refractivity (Wildman–Crippen MR) is 74.4 cm³/mol. The number of rotatable bonds is 5. The summed E-state index contributed by atoms with van der Waals surface area (Å²) in [7, 11) is 0. The van der Waals surface area contributed by atoms with Crippen LogP contribution in [0, 0.1) is 0 Å². The Balaban J connectivity index is 2.09. The molecule has 0 saturated heterocycles. The topological polar surface area (TPSA) is 57.6 Å². The van der Waals surface area contributed by atoms with Gasteiger partial charge in [0.1, 0.15) is 0 Å². The van der Waals surface area contributed by atoms with Crippen molar-refractivity contribution in [2.24, 2.45) is 0 Å². The van der Waals surface area contributed by atoms with E-state index in [0.717, 1.165) is 16.2 Å². The van der Waals surface area contributed by atoms with E-state index in [2.05, 4.69) is 0 Å². The van der Waals surface area contributed by atoms with Crippen LogP contribution in [0.15, 0.2) is 29.2 Å². The third kappa shape index (κ3) is 3.10. The van der Waals surface area contributed by atoms with Gasteiger partial charge in [-0.15, -0.1) is 11.8 Å². The van der Waals surface area contributed by atoms with Gasteiger partial charge in [-0.3, -0.25) is 9.59 Å². The lowest BCUT2D eigenvalue weighted by Gasteiger charge is -2.23. The highest BCUT2D eigenvalue weighted by atomic mass is 32.2. The molecule has 2 rings (SSSR count). The van der Waals surface area contributed by atoms with Gasteiger partial charge in [-0.25, -0.2) is 0 Å². The zero-order valence-corrected chi connectivity index (χ0v) is 11.7. The SMILES string of the molecule is CCN(CCC(=O)O)C(=O)[C@H]1CSc2ccccc21. The molecule has 0 saturated carbocycles. The summed E-state index contributed by atoms with van der Waals surface area (Å²) in [4.78, 5) is 25.9. The van der Waals surface area contributed by atoms with Crippen LogP contribution >= 0.6 is 11.8 Å². The molecule has 1 amide bonds. The summed E-state index contributed by atoms with van der Waals surface area (Å²) in [6.45, 7) is 2.72. The van der Waals surface area contributed by atoms with Gasteiger partial charge in [-0.05, 0) is 18.6 Å². The largest absolute Gasteiger partial charge is 0.481 e. The predicted octanol–water partition coefficient (Wildman–Crippen LogP) is 2.20. The van der Waals surface area contributed by atoms with Gasteiger partial charge in [-0.1, -0.05) is 18.2 Å². The number of carboxylic acids is 1. The van der Waals surface area contributed by atoms with Crippen molar-refractivity contribution in [3.05, 3.63) is 29.8 Å². The number of carboxylic acid groups (broad SMARTS) is 1. The lowest BCUT2D eigenvalue weighted by atomic mass is 10.00. The number of thioether (sulfide) groups is 1. The summed E-state index contributed by atoms with van der Waals surface area (Å²) in [5.74, 6) is -0.203. The van der Waals surface area contributed by atoms with Crippen LogP contribution < -0.4 is 0 Å². The highest BCUT2D eigenvalue weighted by Crippen LogP contribution is 2.40. The molecule has 1 atom stereocenters. The van der Waals surface area contributed by atoms with Gasteiger partial charge in [0.25, 0.3) is 0 Å². The van der Waals surface area contributed by atoms with Crippen LogP contribution in [-0.4, -0.2) is 40.7 Å². The van der Waals surface area contributed by atoms with Crippen molar-refractivity contribution in [3.8, 4) is 0 Å². The van der Waals surface area contributed by atoms with Gasteiger partial charge in [-0.2, -0.15) is 0 Å². The Bertz CT molecular complexity index is 489. The molecular formula is C14H17NO3S. The van der Waals surface area contributed by atoms with Gasteiger partial charge in [0.15, 0.2) is 0 Å². The van der Waals surface area contributed by atoms with Crippen molar-refractivity contribution >= 4 is 23.6 Å². The van der Waals surface area contributed by atoms with Gasteiger partial charge in [0.2, 0.25) is 5.91 Å². The first-order valence-corrected chi connectivity index (χ1v) is 7.34. The van der Waals surface area contributed by atoms with E-state index in [-0.39, 0.29) is 24.8 Å². The number of nitrogens with zero attached hydrogens (tertiary/aromatic N) is 1.